The van der Waals surface area contributed by atoms with E-state index in [0.717, 1.165) is 37.6 Å². The SMILES string of the molecule is Cc1ccc2[se]n(CCOC(=O)c3c(C)[nH]c(/C=C4\C(=O)Nc5c(C)cccc54)c3C)c(=O)c2c1. The Morgan fingerprint density at radius 2 is 1.91 bits per heavy atom. The summed E-state index contributed by atoms with van der Waals surface area (Å²) in [6.07, 6.45) is 1.78. The Labute approximate surface area is 208 Å². The second-order valence-corrected chi connectivity index (χ2v) is 11.0. The third kappa shape index (κ3) is 4.09. The van der Waals surface area contributed by atoms with Crippen LogP contribution in [0.1, 0.15) is 44.0 Å². The number of nitrogens with zero attached hydrogens (tertiary/aromatic N) is 1. The Hall–Kier alpha value is -3.61. The molecule has 7 nitrogen and oxygen atoms in total. The van der Waals surface area contributed by atoms with Crippen LogP contribution in [-0.2, 0) is 16.1 Å². The summed E-state index contributed by atoms with van der Waals surface area (Å²) in [6.45, 7) is 8.04. The maximum absolute atomic E-state index is 12.9. The molecule has 0 radical (unpaired) electrons. The number of ether oxygens (including phenoxy) is 1. The second-order valence-electron chi connectivity index (χ2n) is 8.81. The Morgan fingerprint density at radius 3 is 2.71 bits per heavy atom. The number of amides is 1. The van der Waals surface area contributed by atoms with Crippen molar-refractivity contribution in [2.75, 3.05) is 11.9 Å². The molecule has 178 valence electrons. The van der Waals surface area contributed by atoms with Gasteiger partial charge in [0.15, 0.2) is 0 Å². The quantitative estimate of drug-likeness (QED) is 0.230. The van der Waals surface area contributed by atoms with Crippen molar-refractivity contribution in [2.24, 2.45) is 0 Å². The molecule has 0 fully saturated rings. The third-order valence-corrected chi connectivity index (χ3v) is 8.70. The van der Waals surface area contributed by atoms with Gasteiger partial charge in [-0.15, -0.1) is 0 Å². The number of esters is 1. The molecule has 1 aliphatic rings. The standard InChI is InChI=1S/C27H25N3O4Se/c1-14-8-9-22-20(12-14)26(32)30(35-22)10-11-34-27(33)23-16(3)21(28-17(23)4)13-19-18-7-5-6-15(2)24(18)29-25(19)31/h5-9,12-13,28H,10-11H2,1-4H3,(H,29,31)/b19-13-. The van der Waals surface area contributed by atoms with Gasteiger partial charge in [0.1, 0.15) is 0 Å². The Bertz CT molecular complexity index is 1600. The van der Waals surface area contributed by atoms with Crippen LogP contribution in [0.4, 0.5) is 5.69 Å². The number of aromatic amines is 1. The average molecular weight is 534 g/mol. The Morgan fingerprint density at radius 1 is 1.11 bits per heavy atom. The summed E-state index contributed by atoms with van der Waals surface area (Å²) < 4.78 is 8.37. The monoisotopic (exact) mass is 535 g/mol. The minimum absolute atomic E-state index is 0.00646. The van der Waals surface area contributed by atoms with Gasteiger partial charge in [-0.05, 0) is 12.5 Å². The minimum atomic E-state index is -0.444. The van der Waals surface area contributed by atoms with Crippen LogP contribution in [0.15, 0.2) is 41.2 Å². The van der Waals surface area contributed by atoms with Crippen LogP contribution in [-0.4, -0.2) is 41.8 Å². The zero-order valence-corrected chi connectivity index (χ0v) is 21.7. The zero-order valence-electron chi connectivity index (χ0n) is 19.9. The number of rotatable bonds is 5. The Balaban J connectivity index is 1.34. The molecule has 0 atom stereocenters. The molecule has 2 N–H and O–H groups in total. The first-order chi connectivity index (χ1) is 16.7. The van der Waals surface area contributed by atoms with Crippen LogP contribution in [0, 0.1) is 27.7 Å². The molecule has 4 aromatic rings. The number of aryl methyl sites for hydroxylation is 3. The van der Waals surface area contributed by atoms with Crippen LogP contribution in [0.25, 0.3) is 21.3 Å². The molecule has 5 rings (SSSR count). The first-order valence-corrected chi connectivity index (χ1v) is 13.0. The van der Waals surface area contributed by atoms with Crippen molar-refractivity contribution in [1.82, 2.24) is 8.55 Å². The third-order valence-electron chi connectivity index (χ3n) is 6.34. The summed E-state index contributed by atoms with van der Waals surface area (Å²) in [6, 6.07) is 11.7. The number of hydrogen-bond donors (Lipinski definition) is 2. The van der Waals surface area contributed by atoms with Crippen molar-refractivity contribution in [3.8, 4) is 0 Å². The first kappa shape index (κ1) is 23.1. The molecule has 2 aromatic heterocycles. The molecule has 0 spiro atoms. The van der Waals surface area contributed by atoms with Crippen LogP contribution >= 0.6 is 0 Å². The number of para-hydroxylation sites is 1. The number of aromatic nitrogens is 2. The van der Waals surface area contributed by atoms with Crippen LogP contribution in [0.2, 0.25) is 0 Å². The number of carbonyl (C=O) groups excluding carboxylic acids is 2. The number of anilines is 1. The summed E-state index contributed by atoms with van der Waals surface area (Å²) in [5, 5.41) is 3.67. The fraction of sp³-hybridized carbons (Fsp3) is 0.222. The average Bonchev–Trinajstić information content (AvgIpc) is 3.41. The van der Waals surface area contributed by atoms with E-state index in [0.29, 0.717) is 29.1 Å². The molecule has 35 heavy (non-hydrogen) atoms. The van der Waals surface area contributed by atoms with Crippen LogP contribution in [0.5, 0.6) is 0 Å². The van der Waals surface area contributed by atoms with E-state index < -0.39 is 5.97 Å². The molecular formula is C27H25N3O4Se. The van der Waals surface area contributed by atoms with E-state index in [2.05, 4.69) is 10.3 Å². The summed E-state index contributed by atoms with van der Waals surface area (Å²) in [5.41, 5.74) is 6.81. The van der Waals surface area contributed by atoms with Crippen molar-refractivity contribution >= 4 is 53.6 Å². The molecule has 2 aromatic carbocycles. The summed E-state index contributed by atoms with van der Waals surface area (Å²) in [5.74, 6) is -0.612. The van der Waals surface area contributed by atoms with E-state index in [1.807, 2.05) is 64.1 Å². The van der Waals surface area contributed by atoms with Gasteiger partial charge < -0.3 is 0 Å². The molecule has 0 saturated heterocycles. The molecular weight excluding hydrogens is 509 g/mol. The van der Waals surface area contributed by atoms with E-state index in [1.165, 1.54) is 0 Å². The van der Waals surface area contributed by atoms with E-state index in [9.17, 15) is 14.4 Å². The van der Waals surface area contributed by atoms with Gasteiger partial charge in [0.05, 0.1) is 0 Å². The molecule has 0 aliphatic carbocycles. The number of H-pyrrole nitrogens is 1. The van der Waals surface area contributed by atoms with E-state index in [1.54, 1.807) is 9.64 Å². The number of nitrogens with one attached hydrogen (secondary N) is 2. The van der Waals surface area contributed by atoms with Crippen molar-refractivity contribution in [1.29, 1.82) is 0 Å². The van der Waals surface area contributed by atoms with Gasteiger partial charge in [-0.25, -0.2) is 0 Å². The second kappa shape index (κ2) is 8.87. The van der Waals surface area contributed by atoms with Gasteiger partial charge in [0, 0.05) is 0 Å². The maximum atomic E-state index is 12.9. The Kier molecular flexibility index (Phi) is 5.87. The number of benzene rings is 2. The normalized spacial score (nSPS) is 13.9. The number of hydrogen-bond acceptors (Lipinski definition) is 4. The molecule has 8 heteroatoms. The van der Waals surface area contributed by atoms with Crippen LogP contribution < -0.4 is 10.9 Å². The van der Waals surface area contributed by atoms with Crippen molar-refractivity contribution in [3.63, 3.8) is 0 Å². The fourth-order valence-corrected chi connectivity index (χ4v) is 6.51. The predicted octanol–water partition coefficient (Wildman–Crippen LogP) is 3.97. The fourth-order valence-electron chi connectivity index (χ4n) is 4.50. The van der Waals surface area contributed by atoms with Crippen LogP contribution in [0.3, 0.4) is 0 Å². The van der Waals surface area contributed by atoms with Crippen molar-refractivity contribution in [2.45, 2.75) is 34.2 Å². The molecule has 3 heterocycles. The first-order valence-electron chi connectivity index (χ1n) is 11.3. The van der Waals surface area contributed by atoms with Crippen molar-refractivity contribution < 1.29 is 14.3 Å². The molecule has 1 aliphatic heterocycles. The zero-order chi connectivity index (χ0) is 24.9. The molecule has 0 bridgehead atoms. The molecule has 0 unspecified atom stereocenters. The summed E-state index contributed by atoms with van der Waals surface area (Å²) in [7, 11) is 0. The van der Waals surface area contributed by atoms with Gasteiger partial charge in [-0.1, -0.05) is 12.1 Å². The number of carbonyl (C=O) groups is 2. The van der Waals surface area contributed by atoms with E-state index in [4.69, 9.17) is 4.74 Å². The predicted molar refractivity (Wildman–Crippen MR) is 138 cm³/mol. The van der Waals surface area contributed by atoms with E-state index >= 15 is 0 Å². The van der Waals surface area contributed by atoms with Crippen molar-refractivity contribution in [3.05, 3.63) is 86.0 Å². The van der Waals surface area contributed by atoms with Gasteiger partial charge in [0.25, 0.3) is 0 Å². The molecule has 1 amide bonds. The van der Waals surface area contributed by atoms with E-state index in [-0.39, 0.29) is 32.8 Å². The summed E-state index contributed by atoms with van der Waals surface area (Å²) >= 11 is -0.109. The summed E-state index contributed by atoms with van der Waals surface area (Å²) in [4.78, 5) is 41.4. The van der Waals surface area contributed by atoms with Gasteiger partial charge >= 0.3 is 184 Å². The van der Waals surface area contributed by atoms with Gasteiger partial charge in [-0.2, -0.15) is 0 Å². The molecule has 0 saturated carbocycles. The van der Waals surface area contributed by atoms with Gasteiger partial charge in [0.2, 0.25) is 0 Å². The number of fused-ring (bicyclic) bond motifs is 2. The topological polar surface area (TPSA) is 93.2 Å². The van der Waals surface area contributed by atoms with Gasteiger partial charge in [-0.3, -0.25) is 0 Å².